The van der Waals surface area contributed by atoms with Gasteiger partial charge in [0.15, 0.2) is 0 Å². The van der Waals surface area contributed by atoms with E-state index in [-0.39, 0.29) is 18.4 Å². The molecule has 0 saturated carbocycles. The van der Waals surface area contributed by atoms with Gasteiger partial charge < -0.3 is 0 Å². The first kappa shape index (κ1) is 14.2. The van der Waals surface area contributed by atoms with Gasteiger partial charge in [0.2, 0.25) is 11.8 Å². The molecule has 1 aliphatic heterocycles. The fourth-order valence-electron chi connectivity index (χ4n) is 2.21. The summed E-state index contributed by atoms with van der Waals surface area (Å²) in [4.78, 5) is 36.5. The SMILES string of the molecule is NNC(=O)c1cccc(CN2C(=O)CCCCC2=O)c1. The van der Waals surface area contributed by atoms with Crippen molar-refractivity contribution in [3.8, 4) is 0 Å². The Morgan fingerprint density at radius 1 is 1.20 bits per heavy atom. The Morgan fingerprint density at radius 3 is 2.45 bits per heavy atom. The van der Waals surface area contributed by atoms with Crippen LogP contribution in [0.4, 0.5) is 0 Å². The third kappa shape index (κ3) is 3.21. The fourth-order valence-corrected chi connectivity index (χ4v) is 2.21. The Labute approximate surface area is 116 Å². The Kier molecular flexibility index (Phi) is 4.47. The summed E-state index contributed by atoms with van der Waals surface area (Å²) in [5, 5.41) is 0. The number of carbonyl (C=O) groups excluding carboxylic acids is 3. The molecule has 6 heteroatoms. The summed E-state index contributed by atoms with van der Waals surface area (Å²) in [7, 11) is 0. The molecule has 0 radical (unpaired) electrons. The number of nitrogen functional groups attached to an aromatic ring is 1. The van der Waals surface area contributed by atoms with Crippen LogP contribution in [-0.4, -0.2) is 22.6 Å². The van der Waals surface area contributed by atoms with Crippen LogP contribution in [0.15, 0.2) is 24.3 Å². The van der Waals surface area contributed by atoms with Gasteiger partial charge in [-0.15, -0.1) is 0 Å². The number of rotatable bonds is 3. The molecule has 1 aromatic rings. The molecule has 1 heterocycles. The van der Waals surface area contributed by atoms with Crippen molar-refractivity contribution in [2.24, 2.45) is 5.84 Å². The molecule has 0 unspecified atom stereocenters. The summed E-state index contributed by atoms with van der Waals surface area (Å²) >= 11 is 0. The van der Waals surface area contributed by atoms with Gasteiger partial charge in [-0.1, -0.05) is 12.1 Å². The summed E-state index contributed by atoms with van der Waals surface area (Å²) in [6.45, 7) is 0.198. The maximum Gasteiger partial charge on any atom is 0.265 e. The molecule has 1 saturated heterocycles. The van der Waals surface area contributed by atoms with Gasteiger partial charge >= 0.3 is 0 Å². The molecule has 106 valence electrons. The van der Waals surface area contributed by atoms with E-state index in [2.05, 4.69) is 5.43 Å². The molecule has 3 amide bonds. The largest absolute Gasteiger partial charge is 0.290 e. The molecule has 1 aromatic carbocycles. The van der Waals surface area contributed by atoms with Crippen molar-refractivity contribution < 1.29 is 14.4 Å². The lowest BCUT2D eigenvalue weighted by Gasteiger charge is -2.19. The summed E-state index contributed by atoms with van der Waals surface area (Å²) in [5.74, 6) is 4.38. The number of nitrogens with two attached hydrogens (primary N) is 1. The van der Waals surface area contributed by atoms with Crippen LogP contribution in [0.5, 0.6) is 0 Å². The molecule has 6 nitrogen and oxygen atoms in total. The fraction of sp³-hybridized carbons (Fsp3) is 0.357. The highest BCUT2D eigenvalue weighted by Crippen LogP contribution is 2.16. The molecule has 1 fully saturated rings. The lowest BCUT2D eigenvalue weighted by molar-refractivity contribution is -0.144. The quantitative estimate of drug-likeness (QED) is 0.368. The van der Waals surface area contributed by atoms with Gasteiger partial charge in [0.05, 0.1) is 6.54 Å². The van der Waals surface area contributed by atoms with Gasteiger partial charge in [-0.3, -0.25) is 24.7 Å². The molecule has 0 atom stereocenters. The molecule has 2 rings (SSSR count). The van der Waals surface area contributed by atoms with Crippen molar-refractivity contribution >= 4 is 17.7 Å². The van der Waals surface area contributed by atoms with E-state index in [0.29, 0.717) is 18.4 Å². The monoisotopic (exact) mass is 275 g/mol. The number of nitrogens with one attached hydrogen (secondary N) is 1. The van der Waals surface area contributed by atoms with Crippen LogP contribution in [0, 0.1) is 0 Å². The van der Waals surface area contributed by atoms with E-state index in [1.165, 1.54) is 4.90 Å². The van der Waals surface area contributed by atoms with Crippen LogP contribution in [-0.2, 0) is 16.1 Å². The van der Waals surface area contributed by atoms with Gasteiger partial charge in [0, 0.05) is 18.4 Å². The molecule has 0 bridgehead atoms. The molecule has 3 N–H and O–H groups in total. The third-order valence-corrected chi connectivity index (χ3v) is 3.29. The zero-order chi connectivity index (χ0) is 14.5. The van der Waals surface area contributed by atoms with E-state index in [1.807, 2.05) is 0 Å². The Balaban J connectivity index is 2.17. The highest BCUT2D eigenvalue weighted by atomic mass is 16.2. The topological polar surface area (TPSA) is 92.5 Å². The zero-order valence-electron chi connectivity index (χ0n) is 11.1. The van der Waals surface area contributed by atoms with Crippen molar-refractivity contribution in [2.45, 2.75) is 32.2 Å². The minimum absolute atomic E-state index is 0.152. The predicted octanol–water partition coefficient (Wildman–Crippen LogP) is 0.719. The number of nitrogens with zero attached hydrogens (tertiary/aromatic N) is 1. The number of hydrogen-bond donors (Lipinski definition) is 2. The second-order valence-corrected chi connectivity index (χ2v) is 4.75. The van der Waals surface area contributed by atoms with Crippen LogP contribution in [0.25, 0.3) is 0 Å². The number of imide groups is 1. The predicted molar refractivity (Wildman–Crippen MR) is 72.1 cm³/mol. The van der Waals surface area contributed by atoms with Crippen LogP contribution < -0.4 is 11.3 Å². The Morgan fingerprint density at radius 2 is 1.85 bits per heavy atom. The highest BCUT2D eigenvalue weighted by Gasteiger charge is 2.24. The number of hydrogen-bond acceptors (Lipinski definition) is 4. The Hall–Kier alpha value is -2.21. The van der Waals surface area contributed by atoms with Gasteiger partial charge in [0.1, 0.15) is 0 Å². The molecular weight excluding hydrogens is 258 g/mol. The first-order chi connectivity index (χ1) is 9.61. The molecule has 0 aliphatic carbocycles. The van der Waals surface area contributed by atoms with Crippen molar-refractivity contribution in [2.75, 3.05) is 0 Å². The first-order valence-electron chi connectivity index (χ1n) is 6.55. The summed E-state index contributed by atoms with van der Waals surface area (Å²) in [5.41, 5.74) is 3.19. The standard InChI is InChI=1S/C14H17N3O3/c15-16-14(20)11-5-3-4-10(8-11)9-17-12(18)6-1-2-7-13(17)19/h3-5,8H,1-2,6-7,9,15H2,(H,16,20). The summed E-state index contributed by atoms with van der Waals surface area (Å²) in [6, 6.07) is 6.73. The zero-order valence-corrected chi connectivity index (χ0v) is 11.1. The van der Waals surface area contributed by atoms with E-state index in [0.717, 1.165) is 18.4 Å². The van der Waals surface area contributed by atoms with Gasteiger partial charge in [0.25, 0.3) is 5.91 Å². The molecular formula is C14H17N3O3. The van der Waals surface area contributed by atoms with Gasteiger partial charge in [-0.25, -0.2) is 5.84 Å². The van der Waals surface area contributed by atoms with Crippen LogP contribution in [0.1, 0.15) is 41.6 Å². The van der Waals surface area contributed by atoms with Crippen molar-refractivity contribution in [3.63, 3.8) is 0 Å². The highest BCUT2D eigenvalue weighted by molar-refractivity contribution is 5.96. The molecule has 0 aromatic heterocycles. The minimum Gasteiger partial charge on any atom is -0.290 e. The van der Waals surface area contributed by atoms with E-state index >= 15 is 0 Å². The molecule has 20 heavy (non-hydrogen) atoms. The number of hydrazine groups is 1. The number of benzene rings is 1. The van der Waals surface area contributed by atoms with Crippen molar-refractivity contribution in [1.82, 2.24) is 10.3 Å². The Bertz CT molecular complexity index is 524. The molecule has 0 spiro atoms. The summed E-state index contributed by atoms with van der Waals surface area (Å²) in [6.07, 6.45) is 2.29. The average molecular weight is 275 g/mol. The normalized spacial score (nSPS) is 15.9. The van der Waals surface area contributed by atoms with E-state index < -0.39 is 5.91 Å². The maximum atomic E-state index is 11.9. The minimum atomic E-state index is -0.402. The number of likely N-dealkylation sites (tertiary alicyclic amines) is 1. The second kappa shape index (κ2) is 6.29. The number of carbonyl (C=O) groups is 3. The van der Waals surface area contributed by atoms with Crippen molar-refractivity contribution in [1.29, 1.82) is 0 Å². The van der Waals surface area contributed by atoms with Crippen LogP contribution in [0.3, 0.4) is 0 Å². The van der Waals surface area contributed by atoms with Gasteiger partial charge in [-0.2, -0.15) is 0 Å². The van der Waals surface area contributed by atoms with Crippen LogP contribution >= 0.6 is 0 Å². The first-order valence-corrected chi connectivity index (χ1v) is 6.55. The van der Waals surface area contributed by atoms with Gasteiger partial charge in [-0.05, 0) is 30.5 Å². The van der Waals surface area contributed by atoms with Crippen LogP contribution in [0.2, 0.25) is 0 Å². The van der Waals surface area contributed by atoms with Crippen molar-refractivity contribution in [3.05, 3.63) is 35.4 Å². The maximum absolute atomic E-state index is 11.9. The number of amides is 3. The average Bonchev–Trinajstić information content (AvgIpc) is 2.62. The summed E-state index contributed by atoms with van der Waals surface area (Å²) < 4.78 is 0. The molecule has 1 aliphatic rings. The van der Waals surface area contributed by atoms with E-state index in [4.69, 9.17) is 5.84 Å². The third-order valence-electron chi connectivity index (χ3n) is 3.29. The van der Waals surface area contributed by atoms with E-state index in [1.54, 1.807) is 24.3 Å². The smallest absolute Gasteiger partial charge is 0.265 e. The lowest BCUT2D eigenvalue weighted by atomic mass is 10.1. The lowest BCUT2D eigenvalue weighted by Crippen LogP contribution is -2.34. The second-order valence-electron chi connectivity index (χ2n) is 4.75. The van der Waals surface area contributed by atoms with E-state index in [9.17, 15) is 14.4 Å².